The number of aromatic nitrogens is 3. The average Bonchev–Trinajstić information content (AvgIpc) is 2.57. The highest BCUT2D eigenvalue weighted by Crippen LogP contribution is 2.20. The highest BCUT2D eigenvalue weighted by molar-refractivity contribution is 5.41. The second-order valence-corrected chi connectivity index (χ2v) is 5.04. The van der Waals surface area contributed by atoms with Crippen LogP contribution in [0.15, 0.2) is 0 Å². The van der Waals surface area contributed by atoms with Crippen molar-refractivity contribution >= 4 is 17.8 Å². The van der Waals surface area contributed by atoms with Crippen LogP contribution in [0.25, 0.3) is 0 Å². The van der Waals surface area contributed by atoms with Crippen LogP contribution in [-0.4, -0.2) is 35.1 Å². The molecule has 1 heterocycles. The van der Waals surface area contributed by atoms with E-state index >= 15 is 0 Å². The van der Waals surface area contributed by atoms with Crippen LogP contribution >= 0.6 is 0 Å². The van der Waals surface area contributed by atoms with E-state index in [4.69, 9.17) is 5.73 Å². The third-order valence-corrected chi connectivity index (χ3v) is 3.23. The molecule has 0 radical (unpaired) electrons. The predicted molar refractivity (Wildman–Crippen MR) is 73.7 cm³/mol. The van der Waals surface area contributed by atoms with Crippen LogP contribution in [0.5, 0.6) is 0 Å². The fourth-order valence-corrected chi connectivity index (χ4v) is 2.25. The van der Waals surface area contributed by atoms with Gasteiger partial charge >= 0.3 is 0 Å². The number of hydrogen-bond donors (Lipinski definition) is 2. The molecule has 0 atom stereocenters. The van der Waals surface area contributed by atoms with E-state index in [2.05, 4.69) is 20.3 Å². The van der Waals surface area contributed by atoms with Gasteiger partial charge < -0.3 is 16.0 Å². The smallest absolute Gasteiger partial charge is 0.231 e. The molecule has 0 spiro atoms. The van der Waals surface area contributed by atoms with Gasteiger partial charge in [-0.2, -0.15) is 15.0 Å². The van der Waals surface area contributed by atoms with Gasteiger partial charge in [-0.3, -0.25) is 0 Å². The van der Waals surface area contributed by atoms with Gasteiger partial charge in [0.15, 0.2) is 0 Å². The van der Waals surface area contributed by atoms with Gasteiger partial charge in [0, 0.05) is 20.1 Å². The Kier molecular flexibility index (Phi) is 4.17. The van der Waals surface area contributed by atoms with Gasteiger partial charge in [0.1, 0.15) is 0 Å². The fraction of sp³-hybridized carbons (Fsp3) is 0.750. The summed E-state index contributed by atoms with van der Waals surface area (Å²) < 4.78 is 0. The van der Waals surface area contributed by atoms with Crippen LogP contribution in [0.3, 0.4) is 0 Å². The minimum Gasteiger partial charge on any atom is -0.368 e. The number of rotatable bonds is 3. The van der Waals surface area contributed by atoms with Crippen LogP contribution in [0, 0.1) is 0 Å². The Morgan fingerprint density at radius 1 is 1.06 bits per heavy atom. The van der Waals surface area contributed by atoms with E-state index in [-0.39, 0.29) is 5.95 Å². The zero-order valence-electron chi connectivity index (χ0n) is 11.2. The molecule has 0 amide bonds. The molecule has 18 heavy (non-hydrogen) atoms. The lowest BCUT2D eigenvalue weighted by Gasteiger charge is -2.17. The second-order valence-electron chi connectivity index (χ2n) is 5.04. The number of anilines is 3. The van der Waals surface area contributed by atoms with Crippen molar-refractivity contribution in [1.29, 1.82) is 0 Å². The summed E-state index contributed by atoms with van der Waals surface area (Å²) in [4.78, 5) is 14.4. The molecule has 2 rings (SSSR count). The quantitative estimate of drug-likeness (QED) is 0.794. The number of nitrogens with zero attached hydrogens (tertiary/aromatic N) is 4. The van der Waals surface area contributed by atoms with Crippen LogP contribution < -0.4 is 16.0 Å². The molecule has 1 fully saturated rings. The lowest BCUT2D eigenvalue weighted by Crippen LogP contribution is -2.22. The lowest BCUT2D eigenvalue weighted by atomic mass is 10.1. The maximum Gasteiger partial charge on any atom is 0.231 e. The Balaban J connectivity index is 2.07. The largest absolute Gasteiger partial charge is 0.368 e. The Hall–Kier alpha value is -1.59. The Morgan fingerprint density at radius 2 is 1.72 bits per heavy atom. The van der Waals surface area contributed by atoms with Crippen LogP contribution in [0.4, 0.5) is 17.8 Å². The zero-order valence-corrected chi connectivity index (χ0v) is 11.2. The molecule has 6 nitrogen and oxygen atoms in total. The molecule has 0 aliphatic heterocycles. The lowest BCUT2D eigenvalue weighted by molar-refractivity contribution is 0.614. The highest BCUT2D eigenvalue weighted by Gasteiger charge is 2.14. The molecule has 1 saturated carbocycles. The summed E-state index contributed by atoms with van der Waals surface area (Å²) in [7, 11) is 3.79. The molecule has 3 N–H and O–H groups in total. The second kappa shape index (κ2) is 5.84. The number of nitrogens with two attached hydrogens (primary N) is 1. The molecule has 0 saturated heterocycles. The molecule has 6 heteroatoms. The molecule has 1 aromatic rings. The minimum absolute atomic E-state index is 0.268. The summed E-state index contributed by atoms with van der Waals surface area (Å²) in [6, 6.07) is 0.462. The first kappa shape index (κ1) is 12.9. The van der Waals surface area contributed by atoms with Crippen LogP contribution in [0.2, 0.25) is 0 Å². The molecule has 1 aromatic heterocycles. The standard InChI is InChI=1S/C12H22N6/c1-18(2)12-16-10(13)15-11(17-12)14-9-7-5-3-4-6-8-9/h9H,3-8H2,1-2H3,(H3,13,14,15,16,17). The van der Waals surface area contributed by atoms with Crippen molar-refractivity contribution in [2.75, 3.05) is 30.0 Å². The van der Waals surface area contributed by atoms with E-state index in [1.165, 1.54) is 38.5 Å². The van der Waals surface area contributed by atoms with Gasteiger partial charge in [-0.05, 0) is 12.8 Å². The normalized spacial score (nSPS) is 17.2. The number of hydrogen-bond acceptors (Lipinski definition) is 6. The Labute approximate surface area is 108 Å². The Morgan fingerprint density at radius 3 is 2.33 bits per heavy atom. The third kappa shape index (κ3) is 3.45. The van der Waals surface area contributed by atoms with Crippen LogP contribution in [-0.2, 0) is 0 Å². The molecular formula is C12H22N6. The van der Waals surface area contributed by atoms with Gasteiger partial charge in [-0.25, -0.2) is 0 Å². The van der Waals surface area contributed by atoms with E-state index < -0.39 is 0 Å². The van der Waals surface area contributed by atoms with Gasteiger partial charge in [-0.1, -0.05) is 25.7 Å². The maximum atomic E-state index is 5.70. The van der Waals surface area contributed by atoms with Crippen molar-refractivity contribution in [3.8, 4) is 0 Å². The molecular weight excluding hydrogens is 228 g/mol. The Bertz CT molecular complexity index is 384. The van der Waals surface area contributed by atoms with E-state index in [0.29, 0.717) is 17.9 Å². The fourth-order valence-electron chi connectivity index (χ4n) is 2.25. The topological polar surface area (TPSA) is 80.0 Å². The third-order valence-electron chi connectivity index (χ3n) is 3.23. The summed E-state index contributed by atoms with van der Waals surface area (Å²) in [5, 5.41) is 3.39. The first-order valence-corrected chi connectivity index (χ1v) is 6.60. The first-order valence-electron chi connectivity index (χ1n) is 6.60. The summed E-state index contributed by atoms with van der Waals surface area (Å²) in [6.07, 6.45) is 7.59. The van der Waals surface area contributed by atoms with Crippen molar-refractivity contribution in [2.24, 2.45) is 0 Å². The monoisotopic (exact) mass is 250 g/mol. The van der Waals surface area contributed by atoms with Crippen molar-refractivity contribution in [3.63, 3.8) is 0 Å². The number of nitrogen functional groups attached to an aromatic ring is 1. The van der Waals surface area contributed by atoms with Crippen molar-refractivity contribution in [3.05, 3.63) is 0 Å². The number of nitrogens with one attached hydrogen (secondary N) is 1. The van der Waals surface area contributed by atoms with Crippen LogP contribution in [0.1, 0.15) is 38.5 Å². The summed E-state index contributed by atoms with van der Waals surface area (Å²) in [5.41, 5.74) is 5.70. The van der Waals surface area contributed by atoms with E-state index in [9.17, 15) is 0 Å². The van der Waals surface area contributed by atoms with Gasteiger partial charge in [0.05, 0.1) is 0 Å². The molecule has 1 aliphatic rings. The minimum atomic E-state index is 0.268. The van der Waals surface area contributed by atoms with Gasteiger partial charge in [0.2, 0.25) is 17.8 Å². The maximum absolute atomic E-state index is 5.70. The average molecular weight is 250 g/mol. The van der Waals surface area contributed by atoms with Crippen molar-refractivity contribution in [1.82, 2.24) is 15.0 Å². The highest BCUT2D eigenvalue weighted by atomic mass is 15.3. The SMILES string of the molecule is CN(C)c1nc(N)nc(NC2CCCCCC2)n1. The molecule has 0 unspecified atom stereocenters. The summed E-state index contributed by atoms with van der Waals surface area (Å²) >= 11 is 0. The molecule has 1 aliphatic carbocycles. The first-order chi connectivity index (χ1) is 8.65. The van der Waals surface area contributed by atoms with E-state index in [0.717, 1.165) is 0 Å². The van der Waals surface area contributed by atoms with E-state index in [1.807, 2.05) is 19.0 Å². The summed E-state index contributed by atoms with van der Waals surface area (Å²) in [5.74, 6) is 1.46. The molecule has 0 bridgehead atoms. The zero-order chi connectivity index (χ0) is 13.0. The van der Waals surface area contributed by atoms with Gasteiger partial charge in [-0.15, -0.1) is 0 Å². The predicted octanol–water partition coefficient (Wildman–Crippen LogP) is 1.65. The summed E-state index contributed by atoms with van der Waals surface area (Å²) in [6.45, 7) is 0. The molecule has 0 aromatic carbocycles. The van der Waals surface area contributed by atoms with Gasteiger partial charge in [0.25, 0.3) is 0 Å². The van der Waals surface area contributed by atoms with E-state index in [1.54, 1.807) is 0 Å². The van der Waals surface area contributed by atoms with Crippen molar-refractivity contribution < 1.29 is 0 Å². The molecule has 100 valence electrons. The van der Waals surface area contributed by atoms with Crippen molar-refractivity contribution in [2.45, 2.75) is 44.6 Å².